The monoisotopic (exact) mass is 266 g/mol. The summed E-state index contributed by atoms with van der Waals surface area (Å²) in [6.07, 6.45) is 0. The van der Waals surface area contributed by atoms with Crippen LogP contribution >= 0.6 is 11.6 Å². The molecule has 3 N–H and O–H groups in total. The van der Waals surface area contributed by atoms with Crippen molar-refractivity contribution in [1.29, 1.82) is 0 Å². The van der Waals surface area contributed by atoms with Gasteiger partial charge in [0.2, 0.25) is 0 Å². The van der Waals surface area contributed by atoms with Crippen LogP contribution in [0.5, 0.6) is 0 Å². The Bertz CT molecular complexity index is 588. The second-order valence-electron chi connectivity index (χ2n) is 3.43. The van der Waals surface area contributed by atoms with E-state index in [1.165, 1.54) is 24.3 Å². The van der Waals surface area contributed by atoms with Gasteiger partial charge in [-0.1, -0.05) is 11.6 Å². The van der Waals surface area contributed by atoms with Crippen molar-refractivity contribution in [3.05, 3.63) is 46.9 Å². The lowest BCUT2D eigenvalue weighted by atomic mass is 10.1. The molecule has 0 saturated heterocycles. The number of anilines is 2. The first kappa shape index (κ1) is 12.3. The van der Waals surface area contributed by atoms with E-state index < -0.39 is 11.7 Å². The molecule has 1 amide bonds. The number of nitrogens with two attached hydrogens (primary N) is 1. The maximum Gasteiger partial charge on any atom is 0.259 e. The van der Waals surface area contributed by atoms with Crippen LogP contribution in [0, 0.1) is 5.82 Å². The van der Waals surface area contributed by atoms with Gasteiger partial charge in [0.15, 0.2) is 11.0 Å². The summed E-state index contributed by atoms with van der Waals surface area (Å²) >= 11 is 5.56. The number of carbonyl (C=O) groups excluding carboxylic acids is 1. The standard InChI is InChI=1S/C11H8ClFN4O/c12-9-3-4-10(17-16-9)15-11(18)7-5-6(13)1-2-8(7)14/h1-5H,14H2,(H,15,17,18). The zero-order valence-electron chi connectivity index (χ0n) is 9.02. The third-order valence-corrected chi connectivity index (χ3v) is 2.34. The molecule has 0 atom stereocenters. The molecular formula is C11H8ClFN4O. The van der Waals surface area contributed by atoms with Crippen LogP contribution in [-0.4, -0.2) is 16.1 Å². The lowest BCUT2D eigenvalue weighted by Crippen LogP contribution is -2.15. The number of halogens is 2. The van der Waals surface area contributed by atoms with E-state index in [1.54, 1.807) is 0 Å². The Balaban J connectivity index is 2.21. The molecule has 2 aromatic rings. The average Bonchev–Trinajstić information content (AvgIpc) is 2.35. The molecule has 0 radical (unpaired) electrons. The van der Waals surface area contributed by atoms with Crippen LogP contribution in [0.3, 0.4) is 0 Å². The summed E-state index contributed by atoms with van der Waals surface area (Å²) in [5.74, 6) is -0.909. The summed E-state index contributed by atoms with van der Waals surface area (Å²) < 4.78 is 13.0. The zero-order valence-corrected chi connectivity index (χ0v) is 9.78. The molecule has 1 heterocycles. The van der Waals surface area contributed by atoms with E-state index in [1.807, 2.05) is 0 Å². The van der Waals surface area contributed by atoms with Crippen LogP contribution in [0.4, 0.5) is 15.9 Å². The van der Waals surface area contributed by atoms with Crippen molar-refractivity contribution in [2.24, 2.45) is 0 Å². The molecule has 0 saturated carbocycles. The maximum atomic E-state index is 13.0. The SMILES string of the molecule is Nc1ccc(F)cc1C(=O)Nc1ccc(Cl)nn1. The fraction of sp³-hybridized carbons (Fsp3) is 0. The van der Waals surface area contributed by atoms with Gasteiger partial charge < -0.3 is 11.1 Å². The third-order valence-electron chi connectivity index (χ3n) is 2.13. The Labute approximate surface area is 107 Å². The molecule has 7 heteroatoms. The highest BCUT2D eigenvalue weighted by atomic mass is 35.5. The van der Waals surface area contributed by atoms with Gasteiger partial charge in [0, 0.05) is 5.69 Å². The number of nitrogen functional groups attached to an aromatic ring is 1. The van der Waals surface area contributed by atoms with Crippen molar-refractivity contribution in [3.63, 3.8) is 0 Å². The van der Waals surface area contributed by atoms with Gasteiger partial charge in [-0.25, -0.2) is 4.39 Å². The van der Waals surface area contributed by atoms with E-state index in [0.29, 0.717) is 0 Å². The van der Waals surface area contributed by atoms with Gasteiger partial charge in [0.1, 0.15) is 5.82 Å². The van der Waals surface area contributed by atoms with E-state index in [4.69, 9.17) is 17.3 Å². The summed E-state index contributed by atoms with van der Waals surface area (Å²) in [5, 5.41) is 9.85. The molecule has 0 unspecified atom stereocenters. The first-order valence-corrected chi connectivity index (χ1v) is 5.29. The maximum absolute atomic E-state index is 13.0. The molecule has 5 nitrogen and oxygen atoms in total. The molecule has 18 heavy (non-hydrogen) atoms. The highest BCUT2D eigenvalue weighted by molar-refractivity contribution is 6.29. The van der Waals surface area contributed by atoms with Gasteiger partial charge >= 0.3 is 0 Å². The molecule has 1 aromatic carbocycles. The van der Waals surface area contributed by atoms with Crippen molar-refractivity contribution < 1.29 is 9.18 Å². The lowest BCUT2D eigenvalue weighted by molar-refractivity contribution is 0.102. The van der Waals surface area contributed by atoms with Gasteiger partial charge in [-0.2, -0.15) is 0 Å². The predicted octanol–water partition coefficient (Wildman–Crippen LogP) is 2.10. The van der Waals surface area contributed by atoms with Crippen LogP contribution in [0.2, 0.25) is 5.15 Å². The van der Waals surface area contributed by atoms with Gasteiger partial charge in [-0.05, 0) is 30.3 Å². The molecule has 0 aliphatic heterocycles. The highest BCUT2D eigenvalue weighted by Gasteiger charge is 2.11. The fourth-order valence-corrected chi connectivity index (χ4v) is 1.39. The second kappa shape index (κ2) is 4.97. The van der Waals surface area contributed by atoms with Crippen LogP contribution in [0.25, 0.3) is 0 Å². The average molecular weight is 267 g/mol. The van der Waals surface area contributed by atoms with Crippen molar-refractivity contribution in [2.75, 3.05) is 11.1 Å². The number of benzene rings is 1. The largest absolute Gasteiger partial charge is 0.398 e. The summed E-state index contributed by atoms with van der Waals surface area (Å²) in [6.45, 7) is 0. The molecule has 1 aromatic heterocycles. The Kier molecular flexibility index (Phi) is 3.38. The van der Waals surface area contributed by atoms with E-state index in [2.05, 4.69) is 15.5 Å². The number of rotatable bonds is 2. The first-order valence-electron chi connectivity index (χ1n) is 4.92. The van der Waals surface area contributed by atoms with Crippen LogP contribution in [-0.2, 0) is 0 Å². The van der Waals surface area contributed by atoms with E-state index >= 15 is 0 Å². The van der Waals surface area contributed by atoms with Crippen molar-refractivity contribution >= 4 is 29.0 Å². The summed E-state index contributed by atoms with van der Waals surface area (Å²) in [6, 6.07) is 6.49. The van der Waals surface area contributed by atoms with Gasteiger partial charge in [0.05, 0.1) is 5.56 Å². The molecule has 2 rings (SSSR count). The Morgan fingerprint density at radius 3 is 2.72 bits per heavy atom. The number of hydrogen-bond donors (Lipinski definition) is 2. The molecule has 92 valence electrons. The van der Waals surface area contributed by atoms with Crippen LogP contribution in [0.15, 0.2) is 30.3 Å². The van der Waals surface area contributed by atoms with Crippen LogP contribution < -0.4 is 11.1 Å². The number of hydrogen-bond acceptors (Lipinski definition) is 4. The van der Waals surface area contributed by atoms with Gasteiger partial charge in [0.25, 0.3) is 5.91 Å². The molecule has 0 bridgehead atoms. The summed E-state index contributed by atoms with van der Waals surface area (Å²) in [4.78, 5) is 11.8. The number of carbonyl (C=O) groups is 1. The number of nitrogens with one attached hydrogen (secondary N) is 1. The summed E-state index contributed by atoms with van der Waals surface area (Å²) in [7, 11) is 0. The smallest absolute Gasteiger partial charge is 0.259 e. The lowest BCUT2D eigenvalue weighted by Gasteiger charge is -2.06. The molecule has 0 aliphatic rings. The molecule has 0 fully saturated rings. The minimum Gasteiger partial charge on any atom is -0.398 e. The Morgan fingerprint density at radius 2 is 2.06 bits per heavy atom. The number of amides is 1. The first-order chi connectivity index (χ1) is 8.56. The van der Waals surface area contributed by atoms with E-state index in [-0.39, 0.29) is 22.2 Å². The Morgan fingerprint density at radius 1 is 1.28 bits per heavy atom. The summed E-state index contributed by atoms with van der Waals surface area (Å²) in [5.41, 5.74) is 5.79. The quantitative estimate of drug-likeness (QED) is 0.816. The molecule has 0 aliphatic carbocycles. The van der Waals surface area contributed by atoms with E-state index in [0.717, 1.165) is 6.07 Å². The van der Waals surface area contributed by atoms with E-state index in [9.17, 15) is 9.18 Å². The normalized spacial score (nSPS) is 10.1. The zero-order chi connectivity index (χ0) is 13.1. The third kappa shape index (κ3) is 2.72. The minimum atomic E-state index is -0.566. The van der Waals surface area contributed by atoms with Crippen molar-refractivity contribution in [2.45, 2.75) is 0 Å². The van der Waals surface area contributed by atoms with Crippen LogP contribution in [0.1, 0.15) is 10.4 Å². The number of nitrogens with zero attached hydrogens (tertiary/aromatic N) is 2. The van der Waals surface area contributed by atoms with Crippen molar-refractivity contribution in [3.8, 4) is 0 Å². The molecular weight excluding hydrogens is 259 g/mol. The number of aromatic nitrogens is 2. The van der Waals surface area contributed by atoms with Gasteiger partial charge in [-0.15, -0.1) is 10.2 Å². The van der Waals surface area contributed by atoms with Gasteiger partial charge in [-0.3, -0.25) is 4.79 Å². The van der Waals surface area contributed by atoms with Crippen molar-refractivity contribution in [1.82, 2.24) is 10.2 Å². The highest BCUT2D eigenvalue weighted by Crippen LogP contribution is 2.15. The topological polar surface area (TPSA) is 80.9 Å². The second-order valence-corrected chi connectivity index (χ2v) is 3.81. The minimum absolute atomic E-state index is 0.0340. The fourth-order valence-electron chi connectivity index (χ4n) is 1.29. The Hall–Kier alpha value is -2.21. The molecule has 0 spiro atoms. The predicted molar refractivity (Wildman–Crippen MR) is 65.8 cm³/mol.